The van der Waals surface area contributed by atoms with E-state index in [0.29, 0.717) is 6.04 Å². The molecular formula is C11H19NO2. The van der Waals surface area contributed by atoms with Crippen LogP contribution in [0.5, 0.6) is 0 Å². The van der Waals surface area contributed by atoms with Gasteiger partial charge in [-0.2, -0.15) is 0 Å². The van der Waals surface area contributed by atoms with Crippen LogP contribution < -0.4 is 0 Å². The van der Waals surface area contributed by atoms with E-state index in [4.69, 9.17) is 0 Å². The summed E-state index contributed by atoms with van der Waals surface area (Å²) in [5.74, 6) is 0.146. The van der Waals surface area contributed by atoms with Crippen molar-refractivity contribution >= 4 is 5.97 Å². The lowest BCUT2D eigenvalue weighted by Crippen LogP contribution is -2.56. The average Bonchev–Trinajstić information content (AvgIpc) is 2.43. The summed E-state index contributed by atoms with van der Waals surface area (Å²) in [6, 6.07) is 0.536. The smallest absolute Gasteiger partial charge is 0.323 e. The van der Waals surface area contributed by atoms with Crippen molar-refractivity contribution in [3.8, 4) is 0 Å². The van der Waals surface area contributed by atoms with Crippen molar-refractivity contribution in [3.05, 3.63) is 0 Å². The first-order valence-electron chi connectivity index (χ1n) is 5.54. The van der Waals surface area contributed by atoms with Gasteiger partial charge in [-0.15, -0.1) is 0 Å². The molecule has 1 aliphatic heterocycles. The second kappa shape index (κ2) is 3.23. The number of hydrogen-bond donors (Lipinski definition) is 1. The van der Waals surface area contributed by atoms with Crippen LogP contribution in [-0.2, 0) is 4.79 Å². The highest BCUT2D eigenvalue weighted by molar-refractivity contribution is 5.78. The van der Waals surface area contributed by atoms with Crippen molar-refractivity contribution in [2.75, 3.05) is 6.54 Å². The summed E-state index contributed by atoms with van der Waals surface area (Å²) in [6.45, 7) is 5.09. The molecule has 1 aliphatic carbocycles. The number of carboxylic acids is 1. The van der Waals surface area contributed by atoms with E-state index >= 15 is 0 Å². The Kier molecular flexibility index (Phi) is 2.30. The molecule has 1 atom stereocenters. The van der Waals surface area contributed by atoms with Gasteiger partial charge in [0.2, 0.25) is 0 Å². The van der Waals surface area contributed by atoms with Gasteiger partial charge in [0.1, 0.15) is 5.54 Å². The van der Waals surface area contributed by atoms with Crippen LogP contribution in [-0.4, -0.2) is 34.1 Å². The van der Waals surface area contributed by atoms with Crippen molar-refractivity contribution in [1.29, 1.82) is 0 Å². The summed E-state index contributed by atoms with van der Waals surface area (Å²) >= 11 is 0. The quantitative estimate of drug-likeness (QED) is 0.732. The third-order valence-corrected chi connectivity index (χ3v) is 3.95. The topological polar surface area (TPSA) is 40.5 Å². The van der Waals surface area contributed by atoms with Crippen molar-refractivity contribution in [3.63, 3.8) is 0 Å². The fraction of sp³-hybridized carbons (Fsp3) is 0.909. The lowest BCUT2D eigenvalue weighted by Gasteiger charge is -2.45. The van der Waals surface area contributed by atoms with E-state index < -0.39 is 11.5 Å². The van der Waals surface area contributed by atoms with Gasteiger partial charge in [-0.05, 0) is 45.1 Å². The Labute approximate surface area is 85.1 Å². The first-order valence-corrected chi connectivity index (χ1v) is 5.54. The van der Waals surface area contributed by atoms with Gasteiger partial charge in [0.05, 0.1) is 0 Å². The normalized spacial score (nSPS) is 43.6. The molecule has 2 fully saturated rings. The molecule has 2 aliphatic rings. The summed E-state index contributed by atoms with van der Waals surface area (Å²) in [5, 5.41) is 9.24. The summed E-state index contributed by atoms with van der Waals surface area (Å²) in [6.07, 6.45) is 4.21. The molecule has 3 heteroatoms. The highest BCUT2D eigenvalue weighted by atomic mass is 16.4. The third-order valence-electron chi connectivity index (χ3n) is 3.95. The molecule has 1 heterocycles. The van der Waals surface area contributed by atoms with Crippen LogP contribution in [0, 0.1) is 5.92 Å². The van der Waals surface area contributed by atoms with Crippen molar-refractivity contribution in [2.24, 2.45) is 5.92 Å². The highest BCUT2D eigenvalue weighted by Gasteiger charge is 2.48. The fourth-order valence-corrected chi connectivity index (χ4v) is 2.91. The van der Waals surface area contributed by atoms with Crippen LogP contribution in [0.25, 0.3) is 0 Å². The van der Waals surface area contributed by atoms with Crippen LogP contribution in [0.1, 0.15) is 39.5 Å². The molecule has 1 saturated heterocycles. The largest absolute Gasteiger partial charge is 0.480 e. The molecule has 80 valence electrons. The maximum Gasteiger partial charge on any atom is 0.323 e. The summed E-state index contributed by atoms with van der Waals surface area (Å²) in [4.78, 5) is 13.4. The highest BCUT2D eigenvalue weighted by Crippen LogP contribution is 2.40. The maximum absolute atomic E-state index is 11.2. The van der Waals surface area contributed by atoms with E-state index in [-0.39, 0.29) is 0 Å². The molecular weight excluding hydrogens is 178 g/mol. The van der Waals surface area contributed by atoms with Gasteiger partial charge >= 0.3 is 5.97 Å². The molecule has 1 saturated carbocycles. The molecule has 3 nitrogen and oxygen atoms in total. The van der Waals surface area contributed by atoms with Gasteiger partial charge in [-0.3, -0.25) is 9.69 Å². The molecule has 0 aromatic carbocycles. The minimum Gasteiger partial charge on any atom is -0.480 e. The fourth-order valence-electron chi connectivity index (χ4n) is 2.91. The first-order chi connectivity index (χ1) is 6.54. The molecule has 1 N–H and O–H groups in total. The molecule has 1 unspecified atom stereocenters. The third kappa shape index (κ3) is 1.34. The number of carboxylic acid groups (broad SMARTS) is 1. The Morgan fingerprint density at radius 1 is 1.50 bits per heavy atom. The summed E-state index contributed by atoms with van der Waals surface area (Å²) < 4.78 is 0. The van der Waals surface area contributed by atoms with E-state index in [0.717, 1.165) is 25.3 Å². The van der Waals surface area contributed by atoms with Crippen LogP contribution in [0.3, 0.4) is 0 Å². The molecule has 0 bridgehead atoms. The molecule has 0 aromatic rings. The van der Waals surface area contributed by atoms with Crippen molar-refractivity contribution < 1.29 is 9.90 Å². The number of aliphatic carboxylic acids is 1. The molecule has 14 heavy (non-hydrogen) atoms. The predicted molar refractivity (Wildman–Crippen MR) is 54.2 cm³/mol. The lowest BCUT2D eigenvalue weighted by molar-refractivity contribution is -0.151. The van der Waals surface area contributed by atoms with E-state index in [1.807, 2.05) is 6.92 Å². The number of likely N-dealkylation sites (tertiary alicyclic amines) is 1. The van der Waals surface area contributed by atoms with Gasteiger partial charge in [-0.1, -0.05) is 6.92 Å². The van der Waals surface area contributed by atoms with Crippen LogP contribution in [0.15, 0.2) is 0 Å². The first kappa shape index (κ1) is 9.97. The maximum atomic E-state index is 11.2. The van der Waals surface area contributed by atoms with Gasteiger partial charge in [0, 0.05) is 6.04 Å². The zero-order chi connectivity index (χ0) is 10.3. The van der Waals surface area contributed by atoms with E-state index in [2.05, 4.69) is 11.8 Å². The minimum atomic E-state index is -0.644. The Morgan fingerprint density at radius 2 is 2.14 bits per heavy atom. The van der Waals surface area contributed by atoms with Crippen molar-refractivity contribution in [2.45, 2.75) is 51.1 Å². The van der Waals surface area contributed by atoms with Crippen LogP contribution in [0.4, 0.5) is 0 Å². The van der Waals surface area contributed by atoms with Crippen molar-refractivity contribution in [1.82, 2.24) is 4.90 Å². The number of hydrogen-bond acceptors (Lipinski definition) is 2. The van der Waals surface area contributed by atoms with Crippen LogP contribution in [0.2, 0.25) is 0 Å². The molecule has 0 aromatic heterocycles. The van der Waals surface area contributed by atoms with E-state index in [9.17, 15) is 9.90 Å². The zero-order valence-electron chi connectivity index (χ0n) is 8.99. The van der Waals surface area contributed by atoms with E-state index in [1.54, 1.807) is 0 Å². The Bertz CT molecular complexity index is 248. The Balaban J connectivity index is 2.07. The second-order valence-corrected chi connectivity index (χ2v) is 5.11. The summed E-state index contributed by atoms with van der Waals surface area (Å²) in [5.41, 5.74) is -0.579. The summed E-state index contributed by atoms with van der Waals surface area (Å²) in [7, 11) is 0. The number of nitrogens with zero attached hydrogens (tertiary/aromatic N) is 1. The van der Waals surface area contributed by atoms with Gasteiger partial charge in [-0.25, -0.2) is 0 Å². The van der Waals surface area contributed by atoms with Gasteiger partial charge in [0.25, 0.3) is 0 Å². The van der Waals surface area contributed by atoms with Crippen LogP contribution >= 0.6 is 0 Å². The SMILES string of the molecule is CC1CC(N2CCCC2(C)C(=O)O)C1. The number of rotatable bonds is 2. The number of carbonyl (C=O) groups is 1. The Hall–Kier alpha value is -0.570. The predicted octanol–water partition coefficient (Wildman–Crippen LogP) is 1.72. The monoisotopic (exact) mass is 197 g/mol. The molecule has 0 radical (unpaired) electrons. The minimum absolute atomic E-state index is 0.536. The average molecular weight is 197 g/mol. The Morgan fingerprint density at radius 3 is 2.64 bits per heavy atom. The zero-order valence-corrected chi connectivity index (χ0v) is 8.99. The van der Waals surface area contributed by atoms with Gasteiger partial charge in [0.15, 0.2) is 0 Å². The van der Waals surface area contributed by atoms with E-state index in [1.165, 1.54) is 12.8 Å². The lowest BCUT2D eigenvalue weighted by atomic mass is 9.79. The second-order valence-electron chi connectivity index (χ2n) is 5.11. The van der Waals surface area contributed by atoms with Gasteiger partial charge < -0.3 is 5.11 Å². The molecule has 2 rings (SSSR count). The standard InChI is InChI=1S/C11H19NO2/c1-8-6-9(7-8)12-5-3-4-11(12,2)10(13)14/h8-9H,3-7H2,1-2H3,(H,13,14). The molecule has 0 amide bonds. The molecule has 0 spiro atoms.